The van der Waals surface area contributed by atoms with Crippen molar-refractivity contribution in [3.05, 3.63) is 77.5 Å². The lowest BCUT2D eigenvalue weighted by Gasteiger charge is -2.09. The summed E-state index contributed by atoms with van der Waals surface area (Å²) in [5.41, 5.74) is 6.67. The second-order valence-electron chi connectivity index (χ2n) is 6.69. The summed E-state index contributed by atoms with van der Waals surface area (Å²) in [4.78, 5) is 0. The fraction of sp³-hybridized carbons (Fsp3) is 0.190. The van der Waals surface area contributed by atoms with Gasteiger partial charge in [0, 0.05) is 17.7 Å². The second kappa shape index (κ2) is 6.57. The number of sulfonamides is 1. The summed E-state index contributed by atoms with van der Waals surface area (Å²) in [5.74, 6) is 0. The molecule has 0 spiro atoms. The minimum absolute atomic E-state index is 0.579. The SMILES string of the molecule is CS(=O)(=O)Nc1cccc(C=C2C3=[N+](C=CC3)CCc3ccccc32)c1. The summed E-state index contributed by atoms with van der Waals surface area (Å²) in [6, 6.07) is 16.0. The van der Waals surface area contributed by atoms with Crippen LogP contribution in [0.3, 0.4) is 0 Å². The Morgan fingerprint density at radius 3 is 2.81 bits per heavy atom. The third kappa shape index (κ3) is 3.48. The van der Waals surface area contributed by atoms with E-state index in [9.17, 15) is 8.42 Å². The first-order chi connectivity index (χ1) is 12.5. The Hall–Kier alpha value is -2.66. The van der Waals surface area contributed by atoms with Crippen molar-refractivity contribution in [3.8, 4) is 0 Å². The zero-order valence-corrected chi connectivity index (χ0v) is 15.5. The standard InChI is InChI=1S/C21H21N2O2S/c1-26(24,25)22-18-8-4-6-16(14-18)15-20-19-9-3-2-7-17(19)11-13-23-12-5-10-21(20)23/h2-9,12,14-15,22H,10-11,13H2,1H3/q+1. The van der Waals surface area contributed by atoms with Gasteiger partial charge in [-0.05, 0) is 41.0 Å². The van der Waals surface area contributed by atoms with Crippen molar-refractivity contribution >= 4 is 33.1 Å². The maximum Gasteiger partial charge on any atom is 0.229 e. The Balaban J connectivity index is 1.82. The maximum atomic E-state index is 11.5. The van der Waals surface area contributed by atoms with E-state index in [1.165, 1.54) is 22.4 Å². The van der Waals surface area contributed by atoms with Crippen molar-refractivity contribution < 1.29 is 13.0 Å². The second-order valence-corrected chi connectivity index (χ2v) is 8.44. The molecule has 1 N–H and O–H groups in total. The minimum atomic E-state index is -3.29. The number of hydrogen-bond donors (Lipinski definition) is 1. The van der Waals surface area contributed by atoms with Gasteiger partial charge in [0.25, 0.3) is 0 Å². The molecule has 0 atom stereocenters. The molecule has 4 rings (SSSR count). The van der Waals surface area contributed by atoms with Crippen LogP contribution in [-0.2, 0) is 16.4 Å². The summed E-state index contributed by atoms with van der Waals surface area (Å²) in [6.45, 7) is 0.982. The van der Waals surface area contributed by atoms with Crippen LogP contribution >= 0.6 is 0 Å². The van der Waals surface area contributed by atoms with Gasteiger partial charge in [-0.1, -0.05) is 36.4 Å². The quantitative estimate of drug-likeness (QED) is 0.846. The maximum absolute atomic E-state index is 11.5. The van der Waals surface area contributed by atoms with E-state index < -0.39 is 10.0 Å². The van der Waals surface area contributed by atoms with Crippen LogP contribution in [0, 0.1) is 0 Å². The van der Waals surface area contributed by atoms with E-state index >= 15 is 0 Å². The molecular weight excluding hydrogens is 344 g/mol. The molecule has 0 amide bonds. The Labute approximate surface area is 154 Å². The molecule has 2 aliphatic heterocycles. The van der Waals surface area contributed by atoms with Crippen molar-refractivity contribution in [3.63, 3.8) is 0 Å². The molecule has 4 nitrogen and oxygen atoms in total. The van der Waals surface area contributed by atoms with Gasteiger partial charge in [-0.3, -0.25) is 4.72 Å². The van der Waals surface area contributed by atoms with Gasteiger partial charge in [-0.2, -0.15) is 0 Å². The van der Waals surface area contributed by atoms with Gasteiger partial charge < -0.3 is 0 Å². The Kier molecular flexibility index (Phi) is 4.24. The number of nitrogens with zero attached hydrogens (tertiary/aromatic N) is 1. The van der Waals surface area contributed by atoms with Crippen LogP contribution in [0.5, 0.6) is 0 Å². The van der Waals surface area contributed by atoms with Crippen LogP contribution in [0.25, 0.3) is 11.6 Å². The summed E-state index contributed by atoms with van der Waals surface area (Å²) in [7, 11) is -3.29. The summed E-state index contributed by atoms with van der Waals surface area (Å²) in [5, 5.41) is 0. The van der Waals surface area contributed by atoms with Crippen molar-refractivity contribution in [1.29, 1.82) is 0 Å². The molecule has 2 heterocycles. The molecule has 0 saturated heterocycles. The van der Waals surface area contributed by atoms with Crippen LogP contribution in [0.4, 0.5) is 5.69 Å². The lowest BCUT2D eigenvalue weighted by atomic mass is 9.93. The predicted octanol–water partition coefficient (Wildman–Crippen LogP) is 3.53. The predicted molar refractivity (Wildman–Crippen MR) is 107 cm³/mol. The Bertz CT molecular complexity index is 1060. The van der Waals surface area contributed by atoms with Crippen LogP contribution in [0.1, 0.15) is 23.1 Å². The van der Waals surface area contributed by atoms with Crippen LogP contribution in [-0.4, -0.2) is 31.5 Å². The molecule has 5 heteroatoms. The molecule has 0 unspecified atom stereocenters. The van der Waals surface area contributed by atoms with E-state index in [0.717, 1.165) is 31.2 Å². The van der Waals surface area contributed by atoms with E-state index in [1.807, 2.05) is 18.2 Å². The Morgan fingerprint density at radius 2 is 1.96 bits per heavy atom. The highest BCUT2D eigenvalue weighted by Crippen LogP contribution is 2.30. The summed E-state index contributed by atoms with van der Waals surface area (Å²) < 4.78 is 27.9. The highest BCUT2D eigenvalue weighted by Gasteiger charge is 2.27. The van der Waals surface area contributed by atoms with Crippen molar-refractivity contribution in [2.24, 2.45) is 0 Å². The molecule has 2 aliphatic rings. The molecule has 2 aromatic carbocycles. The zero-order chi connectivity index (χ0) is 18.1. The van der Waals surface area contributed by atoms with Gasteiger partial charge in [0.1, 0.15) is 0 Å². The highest BCUT2D eigenvalue weighted by molar-refractivity contribution is 7.92. The summed E-state index contributed by atoms with van der Waals surface area (Å²) >= 11 is 0. The fourth-order valence-electron chi connectivity index (χ4n) is 3.60. The lowest BCUT2D eigenvalue weighted by Crippen LogP contribution is -2.13. The average Bonchev–Trinajstić information content (AvgIpc) is 3.00. The van der Waals surface area contributed by atoms with Gasteiger partial charge in [0.2, 0.25) is 10.0 Å². The number of benzene rings is 2. The highest BCUT2D eigenvalue weighted by atomic mass is 32.2. The number of nitrogens with one attached hydrogen (secondary N) is 1. The molecule has 2 aromatic rings. The van der Waals surface area contributed by atoms with E-state index in [1.54, 1.807) is 6.07 Å². The van der Waals surface area contributed by atoms with Gasteiger partial charge in [-0.15, -0.1) is 0 Å². The minimum Gasteiger partial charge on any atom is -0.284 e. The molecule has 26 heavy (non-hydrogen) atoms. The van der Waals surface area contributed by atoms with Crippen molar-refractivity contribution in [1.82, 2.24) is 0 Å². The smallest absolute Gasteiger partial charge is 0.229 e. The van der Waals surface area contributed by atoms with Gasteiger partial charge in [-0.25, -0.2) is 13.0 Å². The number of allylic oxidation sites excluding steroid dienone is 2. The first-order valence-electron chi connectivity index (χ1n) is 8.67. The molecule has 0 fully saturated rings. The lowest BCUT2D eigenvalue weighted by molar-refractivity contribution is -0.451. The monoisotopic (exact) mass is 365 g/mol. The molecule has 0 aromatic heterocycles. The fourth-order valence-corrected chi connectivity index (χ4v) is 4.16. The number of fused-ring (bicyclic) bond motifs is 1. The van der Waals surface area contributed by atoms with Crippen molar-refractivity contribution in [2.75, 3.05) is 17.5 Å². The van der Waals surface area contributed by atoms with Crippen molar-refractivity contribution in [2.45, 2.75) is 12.8 Å². The Morgan fingerprint density at radius 1 is 1.12 bits per heavy atom. The van der Waals surface area contributed by atoms with Gasteiger partial charge >= 0.3 is 0 Å². The first-order valence-corrected chi connectivity index (χ1v) is 10.6. The third-order valence-electron chi connectivity index (χ3n) is 4.68. The largest absolute Gasteiger partial charge is 0.284 e. The van der Waals surface area contributed by atoms with Gasteiger partial charge in [0.15, 0.2) is 18.5 Å². The van der Waals surface area contributed by atoms with Crippen LogP contribution in [0.15, 0.2) is 60.8 Å². The zero-order valence-electron chi connectivity index (χ0n) is 14.6. The molecule has 0 radical (unpaired) electrons. The van der Waals surface area contributed by atoms with E-state index in [2.05, 4.69) is 51.9 Å². The summed E-state index contributed by atoms with van der Waals surface area (Å²) in [6.07, 6.45) is 9.61. The normalized spacial score (nSPS) is 17.8. The van der Waals surface area contributed by atoms with Crippen LogP contribution < -0.4 is 4.72 Å². The topological polar surface area (TPSA) is 49.2 Å². The molecule has 0 bridgehead atoms. The number of anilines is 1. The molecule has 132 valence electrons. The molecule has 0 saturated carbocycles. The first kappa shape index (κ1) is 16.8. The van der Waals surface area contributed by atoms with E-state index in [-0.39, 0.29) is 0 Å². The number of rotatable bonds is 3. The molecule has 0 aliphatic carbocycles. The van der Waals surface area contributed by atoms with E-state index in [0.29, 0.717) is 5.69 Å². The number of hydrogen-bond acceptors (Lipinski definition) is 2. The average molecular weight is 365 g/mol. The van der Waals surface area contributed by atoms with Crippen LogP contribution in [0.2, 0.25) is 0 Å². The molecular formula is C21H21N2O2S+. The third-order valence-corrected chi connectivity index (χ3v) is 5.29. The van der Waals surface area contributed by atoms with Gasteiger partial charge in [0.05, 0.1) is 12.7 Å². The van der Waals surface area contributed by atoms with E-state index in [4.69, 9.17) is 0 Å².